The van der Waals surface area contributed by atoms with Crippen LogP contribution in [0.15, 0.2) is 48.5 Å². The monoisotopic (exact) mass is 262 g/mol. The van der Waals surface area contributed by atoms with Gasteiger partial charge < -0.3 is 5.11 Å². The van der Waals surface area contributed by atoms with Crippen molar-refractivity contribution in [1.82, 2.24) is 10.2 Å². The Kier molecular flexibility index (Phi) is 2.46. The van der Waals surface area contributed by atoms with E-state index in [1.54, 1.807) is 12.1 Å². The highest BCUT2D eigenvalue weighted by Crippen LogP contribution is 2.41. The van der Waals surface area contributed by atoms with E-state index >= 15 is 0 Å². The number of para-hydroxylation sites is 1. The molecule has 3 heteroatoms. The van der Waals surface area contributed by atoms with Crippen LogP contribution in [0.2, 0.25) is 0 Å². The molecule has 4 rings (SSSR count). The van der Waals surface area contributed by atoms with Gasteiger partial charge in [-0.3, -0.25) is 0 Å². The van der Waals surface area contributed by atoms with Crippen LogP contribution in [0.5, 0.6) is 5.75 Å². The highest BCUT2D eigenvalue weighted by Gasteiger charge is 2.23. The van der Waals surface area contributed by atoms with Crippen molar-refractivity contribution in [1.29, 1.82) is 0 Å². The molecule has 0 spiro atoms. The Labute approximate surface area is 116 Å². The number of rotatable bonds is 2. The zero-order valence-corrected chi connectivity index (χ0v) is 11.0. The van der Waals surface area contributed by atoms with Gasteiger partial charge in [-0.1, -0.05) is 18.2 Å². The van der Waals surface area contributed by atoms with Crippen LogP contribution in [0.4, 0.5) is 0 Å². The average Bonchev–Trinajstić information content (AvgIpc) is 3.31. The fourth-order valence-electron chi connectivity index (χ4n) is 2.56. The Bertz CT molecular complexity index is 794. The van der Waals surface area contributed by atoms with E-state index in [0.717, 1.165) is 22.4 Å². The number of hydrogen-bond donors (Lipinski definition) is 1. The number of fused-ring (bicyclic) bond motifs is 1. The first-order valence-corrected chi connectivity index (χ1v) is 6.87. The smallest absolute Gasteiger partial charge is 0.125 e. The van der Waals surface area contributed by atoms with Crippen LogP contribution >= 0.6 is 0 Å². The maximum Gasteiger partial charge on any atom is 0.125 e. The molecule has 98 valence electrons. The Balaban J connectivity index is 1.86. The first kappa shape index (κ1) is 11.4. The van der Waals surface area contributed by atoms with E-state index in [1.165, 1.54) is 18.4 Å². The molecule has 1 N–H and O–H groups in total. The van der Waals surface area contributed by atoms with Crippen molar-refractivity contribution < 1.29 is 5.11 Å². The molecule has 1 saturated carbocycles. The van der Waals surface area contributed by atoms with Crippen molar-refractivity contribution in [3.05, 3.63) is 54.1 Å². The summed E-state index contributed by atoms with van der Waals surface area (Å²) in [6.45, 7) is 0. The van der Waals surface area contributed by atoms with Crippen LogP contribution in [0.25, 0.3) is 22.2 Å². The molecule has 0 radical (unpaired) electrons. The van der Waals surface area contributed by atoms with Gasteiger partial charge in [-0.05, 0) is 54.7 Å². The highest BCUT2D eigenvalue weighted by atomic mass is 16.3. The number of phenolic OH excluding ortho intramolecular Hbond substituents is 1. The predicted octanol–water partition coefficient (Wildman–Crippen LogP) is 3.88. The molecular formula is C17H14N2O. The standard InChI is InChI=1S/C17H14N2O/c20-17-4-2-1-3-14(17)16-10-13-9-12(11-5-6-11)7-8-15(13)18-19-16/h1-4,7-11,20H,5-6H2. The molecule has 1 aliphatic carbocycles. The molecule has 1 aliphatic rings. The minimum absolute atomic E-state index is 0.236. The maximum absolute atomic E-state index is 9.92. The van der Waals surface area contributed by atoms with E-state index in [4.69, 9.17) is 0 Å². The fourth-order valence-corrected chi connectivity index (χ4v) is 2.56. The van der Waals surface area contributed by atoms with E-state index in [-0.39, 0.29) is 5.75 Å². The number of aromatic nitrogens is 2. The summed E-state index contributed by atoms with van der Waals surface area (Å²) in [4.78, 5) is 0. The van der Waals surface area contributed by atoms with Crippen molar-refractivity contribution >= 4 is 10.9 Å². The molecule has 0 unspecified atom stereocenters. The summed E-state index contributed by atoms with van der Waals surface area (Å²) >= 11 is 0. The normalized spacial score (nSPS) is 14.6. The van der Waals surface area contributed by atoms with Gasteiger partial charge in [0.25, 0.3) is 0 Å². The van der Waals surface area contributed by atoms with Gasteiger partial charge >= 0.3 is 0 Å². The Hall–Kier alpha value is -2.42. The van der Waals surface area contributed by atoms with Crippen LogP contribution in [0.1, 0.15) is 24.3 Å². The third kappa shape index (κ3) is 1.92. The molecular weight excluding hydrogens is 248 g/mol. The Morgan fingerprint density at radius 2 is 1.80 bits per heavy atom. The fraction of sp³-hybridized carbons (Fsp3) is 0.176. The number of aromatic hydroxyl groups is 1. The summed E-state index contributed by atoms with van der Waals surface area (Å²) in [7, 11) is 0. The lowest BCUT2D eigenvalue weighted by atomic mass is 10.1. The van der Waals surface area contributed by atoms with Gasteiger partial charge in [-0.15, -0.1) is 10.2 Å². The average molecular weight is 262 g/mol. The SMILES string of the molecule is Oc1ccccc1-c1cc2cc(C3CC3)ccc2nn1. The lowest BCUT2D eigenvalue weighted by molar-refractivity contribution is 0.477. The number of hydrogen-bond acceptors (Lipinski definition) is 3. The first-order chi connectivity index (χ1) is 9.81. The zero-order valence-electron chi connectivity index (χ0n) is 11.0. The molecule has 20 heavy (non-hydrogen) atoms. The van der Waals surface area contributed by atoms with Gasteiger partial charge in [0.1, 0.15) is 5.75 Å². The molecule has 2 aromatic carbocycles. The van der Waals surface area contributed by atoms with Crippen LogP contribution in [-0.4, -0.2) is 15.3 Å². The summed E-state index contributed by atoms with van der Waals surface area (Å²) in [6, 6.07) is 15.6. The van der Waals surface area contributed by atoms with Crippen LogP contribution in [0, 0.1) is 0 Å². The summed E-state index contributed by atoms with van der Waals surface area (Å²) < 4.78 is 0. The largest absolute Gasteiger partial charge is 0.507 e. The van der Waals surface area contributed by atoms with Crippen molar-refractivity contribution in [2.75, 3.05) is 0 Å². The van der Waals surface area contributed by atoms with Crippen molar-refractivity contribution in [3.63, 3.8) is 0 Å². The van der Waals surface area contributed by atoms with Gasteiger partial charge in [-0.25, -0.2) is 0 Å². The molecule has 1 heterocycles. The number of benzene rings is 2. The van der Waals surface area contributed by atoms with E-state index in [1.807, 2.05) is 24.3 Å². The van der Waals surface area contributed by atoms with Gasteiger partial charge in [0.05, 0.1) is 11.2 Å². The van der Waals surface area contributed by atoms with Crippen LogP contribution < -0.4 is 0 Å². The highest BCUT2D eigenvalue weighted by molar-refractivity contribution is 5.83. The van der Waals surface area contributed by atoms with Crippen molar-refractivity contribution in [3.8, 4) is 17.0 Å². The molecule has 1 fully saturated rings. The second-order valence-electron chi connectivity index (χ2n) is 5.34. The van der Waals surface area contributed by atoms with Gasteiger partial charge in [-0.2, -0.15) is 0 Å². The third-order valence-electron chi connectivity index (χ3n) is 3.84. The minimum atomic E-state index is 0.236. The molecule has 0 aliphatic heterocycles. The molecule has 0 bridgehead atoms. The summed E-state index contributed by atoms with van der Waals surface area (Å²) in [5.41, 5.74) is 3.71. The Morgan fingerprint density at radius 1 is 0.950 bits per heavy atom. The van der Waals surface area contributed by atoms with E-state index in [2.05, 4.69) is 22.3 Å². The molecule has 0 atom stereocenters. The van der Waals surface area contributed by atoms with Crippen molar-refractivity contribution in [2.45, 2.75) is 18.8 Å². The molecule has 3 aromatic rings. The lowest BCUT2D eigenvalue weighted by Gasteiger charge is -2.05. The molecule has 1 aromatic heterocycles. The summed E-state index contributed by atoms with van der Waals surface area (Å²) in [5.74, 6) is 0.959. The molecule has 0 amide bonds. The maximum atomic E-state index is 9.92. The van der Waals surface area contributed by atoms with E-state index in [0.29, 0.717) is 5.69 Å². The predicted molar refractivity (Wildman–Crippen MR) is 78.6 cm³/mol. The summed E-state index contributed by atoms with van der Waals surface area (Å²) in [5, 5.41) is 19.5. The van der Waals surface area contributed by atoms with E-state index < -0.39 is 0 Å². The zero-order chi connectivity index (χ0) is 13.5. The minimum Gasteiger partial charge on any atom is -0.507 e. The van der Waals surface area contributed by atoms with Crippen LogP contribution in [-0.2, 0) is 0 Å². The number of phenols is 1. The van der Waals surface area contributed by atoms with E-state index in [9.17, 15) is 5.11 Å². The lowest BCUT2D eigenvalue weighted by Crippen LogP contribution is -1.90. The first-order valence-electron chi connectivity index (χ1n) is 6.87. The molecule has 3 nitrogen and oxygen atoms in total. The summed E-state index contributed by atoms with van der Waals surface area (Å²) in [6.07, 6.45) is 2.58. The second-order valence-corrected chi connectivity index (χ2v) is 5.34. The van der Waals surface area contributed by atoms with Gasteiger partial charge in [0, 0.05) is 10.9 Å². The quantitative estimate of drug-likeness (QED) is 0.762. The van der Waals surface area contributed by atoms with Crippen molar-refractivity contribution in [2.24, 2.45) is 0 Å². The van der Waals surface area contributed by atoms with Crippen LogP contribution in [0.3, 0.4) is 0 Å². The van der Waals surface area contributed by atoms with Gasteiger partial charge in [0.15, 0.2) is 0 Å². The second kappa shape index (κ2) is 4.30. The topological polar surface area (TPSA) is 46.0 Å². The number of nitrogens with zero attached hydrogens (tertiary/aromatic N) is 2. The molecule has 0 saturated heterocycles. The third-order valence-corrected chi connectivity index (χ3v) is 3.84. The Morgan fingerprint density at radius 3 is 2.60 bits per heavy atom. The van der Waals surface area contributed by atoms with Gasteiger partial charge in [0.2, 0.25) is 0 Å².